The van der Waals surface area contributed by atoms with Crippen LogP contribution in [0.25, 0.3) is 0 Å². The first-order chi connectivity index (χ1) is 16.8. The number of carbonyl (C=O) groups excluding carboxylic acids is 1. The zero-order valence-electron chi connectivity index (χ0n) is 23.3. The molecule has 0 aromatic heterocycles. The molecular weight excluding hydrogens is 468 g/mol. The number of allylic oxidation sites excluding steroid dienone is 2. The Labute approximate surface area is 226 Å². The number of thioether (sulfide) groups is 1. The summed E-state index contributed by atoms with van der Waals surface area (Å²) >= 11 is 7.93. The lowest BCUT2D eigenvalue weighted by molar-refractivity contribution is -0.110. The van der Waals surface area contributed by atoms with Crippen LogP contribution in [-0.2, 0) is 4.79 Å². The number of hydrogen-bond acceptors (Lipinski definition) is 2. The number of hydrogen-bond donors (Lipinski definition) is 0. The van der Waals surface area contributed by atoms with E-state index in [1.54, 1.807) is 17.3 Å². The van der Waals surface area contributed by atoms with E-state index in [1.807, 2.05) is 0 Å². The molecule has 3 fully saturated rings. The first kappa shape index (κ1) is 28.1. The van der Waals surface area contributed by atoms with Crippen molar-refractivity contribution in [3.63, 3.8) is 0 Å². The smallest absolute Gasteiger partial charge is 0.207 e. The maximum Gasteiger partial charge on any atom is 0.207 e. The van der Waals surface area contributed by atoms with E-state index in [-0.39, 0.29) is 10.5 Å². The lowest BCUT2D eigenvalue weighted by Gasteiger charge is -2.58. The topological polar surface area (TPSA) is 17.1 Å². The highest BCUT2D eigenvalue weighted by Gasteiger charge is 2.58. The third-order valence-corrected chi connectivity index (χ3v) is 13.0. The molecule has 0 aromatic rings. The summed E-state index contributed by atoms with van der Waals surface area (Å²) in [6.07, 6.45) is 25.3. The summed E-state index contributed by atoms with van der Waals surface area (Å²) in [4.78, 5) is 12.6. The number of fused-ring (bicyclic) bond motifs is 5. The molecular formula is C32H53ClOS. The van der Waals surface area contributed by atoms with Gasteiger partial charge in [0.2, 0.25) is 5.12 Å². The van der Waals surface area contributed by atoms with E-state index >= 15 is 0 Å². The average molecular weight is 521 g/mol. The van der Waals surface area contributed by atoms with Crippen LogP contribution in [0.15, 0.2) is 11.6 Å². The van der Waals surface area contributed by atoms with Gasteiger partial charge in [0.25, 0.3) is 0 Å². The van der Waals surface area contributed by atoms with Gasteiger partial charge in [-0.15, -0.1) is 11.6 Å². The van der Waals surface area contributed by atoms with Crippen molar-refractivity contribution in [1.82, 2.24) is 0 Å². The Morgan fingerprint density at radius 2 is 1.77 bits per heavy atom. The SMILES string of the molecule is CCCCCCCC[C@H]1CC[C@@H]2[C@H]3CC=C4C[C@@H](SC(=O)[C@H](Cl)CCC)CC[C@]4(C)[C@@H]3CC[C@]12C. The number of halogens is 1. The van der Waals surface area contributed by atoms with Crippen molar-refractivity contribution in [3.8, 4) is 0 Å². The first-order valence-corrected chi connectivity index (χ1v) is 16.7. The Kier molecular flexibility index (Phi) is 9.84. The average Bonchev–Trinajstić information content (AvgIpc) is 3.18. The molecule has 0 bridgehead atoms. The normalized spacial score (nSPS) is 39.3. The van der Waals surface area contributed by atoms with Crippen molar-refractivity contribution in [2.24, 2.45) is 34.5 Å². The van der Waals surface area contributed by atoms with E-state index in [0.717, 1.165) is 42.9 Å². The molecule has 200 valence electrons. The summed E-state index contributed by atoms with van der Waals surface area (Å²) in [6, 6.07) is 0. The molecule has 3 saturated carbocycles. The van der Waals surface area contributed by atoms with Gasteiger partial charge in [0.05, 0.1) is 0 Å². The Balaban J connectivity index is 1.36. The molecule has 0 heterocycles. The summed E-state index contributed by atoms with van der Waals surface area (Å²) in [5.74, 6) is 3.69. The molecule has 0 N–H and O–H groups in total. The summed E-state index contributed by atoms with van der Waals surface area (Å²) < 4.78 is 0. The fraction of sp³-hybridized carbons (Fsp3) is 0.906. The predicted molar refractivity (Wildman–Crippen MR) is 154 cm³/mol. The lowest BCUT2D eigenvalue weighted by atomic mass is 9.47. The van der Waals surface area contributed by atoms with Crippen molar-refractivity contribution >= 4 is 28.5 Å². The van der Waals surface area contributed by atoms with E-state index < -0.39 is 0 Å². The molecule has 4 rings (SSSR count). The van der Waals surface area contributed by atoms with Crippen LogP contribution in [0.2, 0.25) is 0 Å². The number of unbranched alkanes of at least 4 members (excludes halogenated alkanes) is 5. The highest BCUT2D eigenvalue weighted by Crippen LogP contribution is 2.67. The fourth-order valence-corrected chi connectivity index (χ4v) is 10.6. The van der Waals surface area contributed by atoms with E-state index in [1.165, 1.54) is 89.9 Å². The molecule has 0 saturated heterocycles. The van der Waals surface area contributed by atoms with Crippen LogP contribution in [0.4, 0.5) is 0 Å². The summed E-state index contributed by atoms with van der Waals surface area (Å²) in [5, 5.41) is 0.358. The van der Waals surface area contributed by atoms with Crippen LogP contribution in [0, 0.1) is 34.5 Å². The van der Waals surface area contributed by atoms with Crippen LogP contribution in [0.3, 0.4) is 0 Å². The Bertz CT molecular complexity index is 748. The molecule has 8 atom stereocenters. The molecule has 35 heavy (non-hydrogen) atoms. The van der Waals surface area contributed by atoms with E-state index in [4.69, 9.17) is 11.6 Å². The minimum Gasteiger partial charge on any atom is -0.286 e. The molecule has 0 spiro atoms. The van der Waals surface area contributed by atoms with Gasteiger partial charge in [-0.1, -0.05) is 96.1 Å². The highest BCUT2D eigenvalue weighted by atomic mass is 35.5. The van der Waals surface area contributed by atoms with Gasteiger partial charge in [-0.05, 0) is 98.7 Å². The van der Waals surface area contributed by atoms with Gasteiger partial charge in [0, 0.05) is 5.25 Å². The van der Waals surface area contributed by atoms with Crippen LogP contribution >= 0.6 is 23.4 Å². The predicted octanol–water partition coefficient (Wildman–Crippen LogP) is 10.4. The lowest BCUT2D eigenvalue weighted by Crippen LogP contribution is -2.50. The van der Waals surface area contributed by atoms with Crippen molar-refractivity contribution in [2.45, 2.75) is 147 Å². The Hall–Kier alpha value is 0.0500. The van der Waals surface area contributed by atoms with E-state index in [9.17, 15) is 4.79 Å². The second kappa shape index (κ2) is 12.3. The molecule has 0 aliphatic heterocycles. The van der Waals surface area contributed by atoms with Gasteiger partial charge >= 0.3 is 0 Å². The van der Waals surface area contributed by atoms with Crippen LogP contribution < -0.4 is 0 Å². The molecule has 0 aromatic carbocycles. The minimum atomic E-state index is -0.300. The van der Waals surface area contributed by atoms with Gasteiger partial charge in [-0.3, -0.25) is 4.79 Å². The van der Waals surface area contributed by atoms with Gasteiger partial charge in [0.15, 0.2) is 0 Å². The zero-order valence-corrected chi connectivity index (χ0v) is 24.8. The van der Waals surface area contributed by atoms with Crippen molar-refractivity contribution in [2.75, 3.05) is 0 Å². The molecule has 4 aliphatic carbocycles. The van der Waals surface area contributed by atoms with Gasteiger partial charge < -0.3 is 0 Å². The standard InChI is InChI=1S/C32H53ClOS/c1-5-7-8-9-10-11-13-23-15-17-27-26-16-14-24-22-25(35-30(34)29(33)12-6-2)18-20-32(24,4)28(26)19-21-31(23,27)3/h14,23,25-29H,5-13,15-22H2,1-4H3/t23-,25-,26+,27+,28+,29+,31+,32-/m0/s1. The van der Waals surface area contributed by atoms with Crippen molar-refractivity contribution < 1.29 is 4.79 Å². The summed E-state index contributed by atoms with van der Waals surface area (Å²) in [7, 11) is 0. The second-order valence-electron chi connectivity index (χ2n) is 13.2. The fourth-order valence-electron chi connectivity index (χ4n) is 9.09. The van der Waals surface area contributed by atoms with E-state index in [0.29, 0.717) is 16.1 Å². The number of rotatable bonds is 11. The zero-order chi connectivity index (χ0) is 25.1. The summed E-state index contributed by atoms with van der Waals surface area (Å²) in [6.45, 7) is 9.72. The van der Waals surface area contributed by atoms with Gasteiger partial charge in [0.1, 0.15) is 5.38 Å². The summed E-state index contributed by atoms with van der Waals surface area (Å²) in [5.41, 5.74) is 2.67. The Morgan fingerprint density at radius 1 is 1.00 bits per heavy atom. The first-order valence-electron chi connectivity index (χ1n) is 15.4. The largest absolute Gasteiger partial charge is 0.286 e. The molecule has 0 amide bonds. The minimum absolute atomic E-state index is 0.215. The molecule has 4 aliphatic rings. The highest BCUT2D eigenvalue weighted by molar-refractivity contribution is 8.14. The monoisotopic (exact) mass is 520 g/mol. The van der Waals surface area contributed by atoms with E-state index in [2.05, 4.69) is 33.8 Å². The van der Waals surface area contributed by atoms with Crippen LogP contribution in [0.1, 0.15) is 137 Å². The third-order valence-electron chi connectivity index (χ3n) is 11.2. The van der Waals surface area contributed by atoms with Gasteiger partial charge in [-0.2, -0.15) is 0 Å². The molecule has 3 heteroatoms. The quantitative estimate of drug-likeness (QED) is 0.153. The second-order valence-corrected chi connectivity index (χ2v) is 15.0. The Morgan fingerprint density at radius 3 is 2.54 bits per heavy atom. The van der Waals surface area contributed by atoms with Crippen LogP contribution in [-0.4, -0.2) is 15.7 Å². The number of carbonyl (C=O) groups is 1. The van der Waals surface area contributed by atoms with Gasteiger partial charge in [-0.25, -0.2) is 0 Å². The molecule has 1 nitrogen and oxygen atoms in total. The molecule has 0 unspecified atom stereocenters. The van der Waals surface area contributed by atoms with Crippen LogP contribution in [0.5, 0.6) is 0 Å². The molecule has 0 radical (unpaired) electrons. The van der Waals surface area contributed by atoms with Crippen molar-refractivity contribution in [3.05, 3.63) is 11.6 Å². The maximum atomic E-state index is 12.6. The maximum absolute atomic E-state index is 12.6. The number of alkyl halides is 1. The third kappa shape index (κ3) is 5.89. The van der Waals surface area contributed by atoms with Crippen molar-refractivity contribution in [1.29, 1.82) is 0 Å².